The molecule has 0 unspecified atom stereocenters. The second kappa shape index (κ2) is 9.05. The molecular weight excluding hydrogens is 430 g/mol. The summed E-state index contributed by atoms with van der Waals surface area (Å²) in [6.45, 7) is 6.11. The first kappa shape index (κ1) is 22.7. The van der Waals surface area contributed by atoms with E-state index in [1.165, 1.54) is 20.8 Å². The maximum absolute atomic E-state index is 12.7. The van der Waals surface area contributed by atoms with Crippen molar-refractivity contribution in [2.45, 2.75) is 50.0 Å². The van der Waals surface area contributed by atoms with Crippen LogP contribution in [-0.2, 0) is 25.0 Å². The summed E-state index contributed by atoms with van der Waals surface area (Å²) in [6, 6.07) is 6.62. The summed E-state index contributed by atoms with van der Waals surface area (Å²) in [5, 5.41) is 7.22. The minimum atomic E-state index is -3.94. The van der Waals surface area contributed by atoms with Gasteiger partial charge in [-0.25, -0.2) is 8.42 Å². The Morgan fingerprint density at radius 2 is 1.87 bits per heavy atom. The summed E-state index contributed by atoms with van der Waals surface area (Å²) in [4.78, 5) is 12.7. The van der Waals surface area contributed by atoms with Gasteiger partial charge in [-0.2, -0.15) is 4.72 Å². The number of amides is 1. The highest BCUT2D eigenvalue weighted by Gasteiger charge is 2.36. The van der Waals surface area contributed by atoms with Gasteiger partial charge in [-0.1, -0.05) is 28.9 Å². The van der Waals surface area contributed by atoms with E-state index in [0.717, 1.165) is 18.4 Å². The predicted molar refractivity (Wildman–Crippen MR) is 112 cm³/mol. The number of halogens is 1. The van der Waals surface area contributed by atoms with Crippen LogP contribution in [0.15, 0.2) is 33.7 Å². The van der Waals surface area contributed by atoms with Gasteiger partial charge in [-0.3, -0.25) is 4.79 Å². The van der Waals surface area contributed by atoms with Crippen molar-refractivity contribution in [1.82, 2.24) is 15.2 Å². The first-order valence-corrected chi connectivity index (χ1v) is 11.6. The molecule has 2 N–H and O–H groups in total. The molecule has 0 aliphatic carbocycles. The van der Waals surface area contributed by atoms with Gasteiger partial charge in [-0.15, -0.1) is 0 Å². The Morgan fingerprint density at radius 1 is 1.23 bits per heavy atom. The number of hydrogen-bond acceptors (Lipinski definition) is 6. The standard InChI is InChI=1S/C20H26ClN3O5S/c1-13-18(15(3)29-23-13)30(26,27)24-14(2)19(25)22-12-20(8-10-28-11-9-20)16-4-6-17(21)7-5-16/h4-7,14,24H,8-12H2,1-3H3,(H,22,25)/t14-/m0/s1. The van der Waals surface area contributed by atoms with Crippen molar-refractivity contribution in [1.29, 1.82) is 0 Å². The summed E-state index contributed by atoms with van der Waals surface area (Å²) >= 11 is 6.02. The molecule has 3 rings (SSSR count). The van der Waals surface area contributed by atoms with Crippen molar-refractivity contribution < 1.29 is 22.5 Å². The normalized spacial score (nSPS) is 17.5. The van der Waals surface area contributed by atoms with E-state index in [1.54, 1.807) is 0 Å². The molecule has 1 aromatic carbocycles. The van der Waals surface area contributed by atoms with Gasteiger partial charge >= 0.3 is 0 Å². The molecule has 1 saturated heterocycles. The van der Waals surface area contributed by atoms with Gasteiger partial charge in [0.25, 0.3) is 0 Å². The molecule has 0 spiro atoms. The highest BCUT2D eigenvalue weighted by Crippen LogP contribution is 2.35. The number of benzene rings is 1. The highest BCUT2D eigenvalue weighted by molar-refractivity contribution is 7.89. The average Bonchev–Trinajstić information content (AvgIpc) is 3.06. The Kier molecular flexibility index (Phi) is 6.86. The van der Waals surface area contributed by atoms with Crippen LogP contribution < -0.4 is 10.0 Å². The van der Waals surface area contributed by atoms with E-state index in [1.807, 2.05) is 24.3 Å². The largest absolute Gasteiger partial charge is 0.381 e. The number of nitrogens with zero attached hydrogens (tertiary/aromatic N) is 1. The van der Waals surface area contributed by atoms with Crippen molar-refractivity contribution >= 4 is 27.5 Å². The van der Waals surface area contributed by atoms with E-state index in [9.17, 15) is 13.2 Å². The number of sulfonamides is 1. The minimum Gasteiger partial charge on any atom is -0.381 e. The summed E-state index contributed by atoms with van der Waals surface area (Å²) in [5.74, 6) is -0.235. The molecule has 1 aliphatic heterocycles. The minimum absolute atomic E-state index is 0.0378. The molecule has 164 valence electrons. The van der Waals surface area contributed by atoms with Gasteiger partial charge in [0.05, 0.1) is 6.04 Å². The second-order valence-corrected chi connectivity index (χ2v) is 9.70. The molecule has 2 heterocycles. The third kappa shape index (κ3) is 4.85. The molecule has 1 aliphatic rings. The van der Waals surface area contributed by atoms with Crippen molar-refractivity contribution in [3.05, 3.63) is 46.3 Å². The molecule has 1 fully saturated rings. The lowest BCUT2D eigenvalue weighted by atomic mass is 9.74. The molecule has 1 atom stereocenters. The molecule has 8 nitrogen and oxygen atoms in total. The number of nitrogens with one attached hydrogen (secondary N) is 2. The number of aryl methyl sites for hydroxylation is 2. The van der Waals surface area contributed by atoms with Gasteiger partial charge in [0.2, 0.25) is 15.9 Å². The smallest absolute Gasteiger partial charge is 0.246 e. The van der Waals surface area contributed by atoms with E-state index in [0.29, 0.717) is 24.8 Å². The summed E-state index contributed by atoms with van der Waals surface area (Å²) < 4.78 is 38.1. The van der Waals surface area contributed by atoms with E-state index < -0.39 is 22.0 Å². The van der Waals surface area contributed by atoms with Crippen LogP contribution in [0.25, 0.3) is 0 Å². The monoisotopic (exact) mass is 455 g/mol. The van der Waals surface area contributed by atoms with Crippen LogP contribution in [0.3, 0.4) is 0 Å². The number of carbonyl (C=O) groups is 1. The Hall–Kier alpha value is -1.94. The van der Waals surface area contributed by atoms with Crippen molar-refractivity contribution in [2.24, 2.45) is 0 Å². The van der Waals surface area contributed by atoms with Crippen LogP contribution in [-0.4, -0.2) is 45.3 Å². The number of aromatic nitrogens is 1. The summed E-state index contributed by atoms with van der Waals surface area (Å²) in [7, 11) is -3.94. The zero-order valence-corrected chi connectivity index (χ0v) is 18.8. The van der Waals surface area contributed by atoms with E-state index in [-0.39, 0.29) is 21.8 Å². The first-order chi connectivity index (χ1) is 14.1. The SMILES string of the molecule is Cc1noc(C)c1S(=O)(=O)N[C@@H](C)C(=O)NCC1(c2ccc(Cl)cc2)CCOCC1. The van der Waals surface area contributed by atoms with Crippen LogP contribution >= 0.6 is 11.6 Å². The quantitative estimate of drug-likeness (QED) is 0.663. The molecule has 2 aromatic rings. The molecule has 0 radical (unpaired) electrons. The molecule has 0 bridgehead atoms. The van der Waals surface area contributed by atoms with Crippen molar-refractivity contribution in [3.8, 4) is 0 Å². The third-order valence-corrected chi connectivity index (χ3v) is 7.51. The van der Waals surface area contributed by atoms with E-state index in [4.69, 9.17) is 20.9 Å². The molecule has 30 heavy (non-hydrogen) atoms. The van der Waals surface area contributed by atoms with Gasteiger partial charge < -0.3 is 14.6 Å². The van der Waals surface area contributed by atoms with Gasteiger partial charge in [0.15, 0.2) is 5.76 Å². The number of rotatable bonds is 7. The third-order valence-electron chi connectivity index (χ3n) is 5.47. The Bertz CT molecular complexity index is 978. The average molecular weight is 456 g/mol. The molecule has 10 heteroatoms. The lowest BCUT2D eigenvalue weighted by molar-refractivity contribution is -0.122. The fourth-order valence-corrected chi connectivity index (χ4v) is 5.40. The Balaban J connectivity index is 1.70. The topological polar surface area (TPSA) is 111 Å². The van der Waals surface area contributed by atoms with Crippen LogP contribution in [0, 0.1) is 13.8 Å². The summed E-state index contributed by atoms with van der Waals surface area (Å²) in [5.41, 5.74) is 1.02. The van der Waals surface area contributed by atoms with Crippen LogP contribution in [0.1, 0.15) is 36.8 Å². The number of ether oxygens (including phenoxy) is 1. The summed E-state index contributed by atoms with van der Waals surface area (Å²) in [6.07, 6.45) is 1.49. The molecular formula is C20H26ClN3O5S. The van der Waals surface area contributed by atoms with E-state index >= 15 is 0 Å². The zero-order chi connectivity index (χ0) is 21.9. The zero-order valence-electron chi connectivity index (χ0n) is 17.2. The lowest BCUT2D eigenvalue weighted by Gasteiger charge is -2.38. The number of carbonyl (C=O) groups excluding carboxylic acids is 1. The molecule has 1 amide bonds. The fourth-order valence-electron chi connectivity index (χ4n) is 3.75. The Morgan fingerprint density at radius 3 is 2.43 bits per heavy atom. The predicted octanol–water partition coefficient (Wildman–Crippen LogP) is 2.48. The van der Waals surface area contributed by atoms with Gasteiger partial charge in [0.1, 0.15) is 10.6 Å². The second-order valence-electron chi connectivity index (χ2n) is 7.61. The lowest BCUT2D eigenvalue weighted by Crippen LogP contribution is -2.50. The van der Waals surface area contributed by atoms with Gasteiger partial charge in [-0.05, 0) is 51.3 Å². The first-order valence-electron chi connectivity index (χ1n) is 9.71. The maximum Gasteiger partial charge on any atom is 0.246 e. The highest BCUT2D eigenvalue weighted by atomic mass is 35.5. The molecule has 0 saturated carbocycles. The van der Waals surface area contributed by atoms with Crippen LogP contribution in [0.5, 0.6) is 0 Å². The maximum atomic E-state index is 12.7. The number of hydrogen-bond donors (Lipinski definition) is 2. The van der Waals surface area contributed by atoms with Crippen LogP contribution in [0.4, 0.5) is 0 Å². The van der Waals surface area contributed by atoms with Crippen molar-refractivity contribution in [2.75, 3.05) is 19.8 Å². The van der Waals surface area contributed by atoms with Gasteiger partial charge in [0, 0.05) is 30.2 Å². The van der Waals surface area contributed by atoms with Crippen molar-refractivity contribution in [3.63, 3.8) is 0 Å². The van der Waals surface area contributed by atoms with E-state index in [2.05, 4.69) is 15.2 Å². The van der Waals surface area contributed by atoms with Crippen LogP contribution in [0.2, 0.25) is 5.02 Å². The fraction of sp³-hybridized carbons (Fsp3) is 0.500. The Labute approximate surface area is 181 Å². The molecule has 1 aromatic heterocycles.